The zero-order valence-corrected chi connectivity index (χ0v) is 43.1. The molecule has 4 aliphatic rings. The fourth-order valence-corrected chi connectivity index (χ4v) is 12.7. The highest BCUT2D eigenvalue weighted by molar-refractivity contribution is 7.90. The minimum absolute atomic E-state index is 0.0135. The van der Waals surface area contributed by atoms with Crippen molar-refractivity contribution in [3.05, 3.63) is 142 Å². The number of hydrogen-bond acceptors (Lipinski definition) is 13. The molecule has 1 aliphatic carbocycles. The number of nitro groups is 1. The third kappa shape index (κ3) is 11.1. The number of anilines is 2. The van der Waals surface area contributed by atoms with Gasteiger partial charge in [-0.2, -0.15) is 0 Å². The highest BCUT2D eigenvalue weighted by Gasteiger charge is 2.50. The lowest BCUT2D eigenvalue weighted by atomic mass is 9.59. The Labute approximate surface area is 428 Å². The third-order valence-corrected chi connectivity index (χ3v) is 17.3. The number of aromatic amines is 1. The van der Waals surface area contributed by atoms with E-state index in [2.05, 4.69) is 96.9 Å². The predicted molar refractivity (Wildman–Crippen MR) is 284 cm³/mol. The van der Waals surface area contributed by atoms with Crippen LogP contribution in [-0.2, 0) is 16.6 Å². The molecule has 6 aromatic rings. The van der Waals surface area contributed by atoms with Crippen molar-refractivity contribution in [2.75, 3.05) is 76.7 Å². The highest BCUT2D eigenvalue weighted by atomic mass is 32.2. The number of nitrogens with zero attached hydrogens (tertiary/aromatic N) is 6. The summed E-state index contributed by atoms with van der Waals surface area (Å²) >= 11 is 0. The van der Waals surface area contributed by atoms with E-state index in [1.807, 2.05) is 24.3 Å². The third-order valence-electron chi connectivity index (χ3n) is 16.0. The lowest BCUT2D eigenvalue weighted by Crippen LogP contribution is -2.60. The van der Waals surface area contributed by atoms with Crippen molar-refractivity contribution in [1.82, 2.24) is 29.4 Å². The van der Waals surface area contributed by atoms with Gasteiger partial charge in [-0.05, 0) is 141 Å². The molecule has 0 unspecified atom stereocenters. The van der Waals surface area contributed by atoms with Crippen molar-refractivity contribution in [1.29, 1.82) is 0 Å². The first-order chi connectivity index (χ1) is 35.2. The summed E-state index contributed by atoms with van der Waals surface area (Å²) in [7, 11) is -0.785. The number of likely N-dealkylation sites (tertiary alicyclic amines) is 1. The van der Waals surface area contributed by atoms with Gasteiger partial charge in [0.1, 0.15) is 28.6 Å². The van der Waals surface area contributed by atoms with Crippen LogP contribution in [0.2, 0.25) is 0 Å². The highest BCUT2D eigenvalue weighted by Crippen LogP contribution is 2.53. The van der Waals surface area contributed by atoms with Crippen molar-refractivity contribution >= 4 is 44.0 Å². The van der Waals surface area contributed by atoms with Crippen LogP contribution in [0, 0.1) is 21.4 Å². The van der Waals surface area contributed by atoms with E-state index in [0.717, 1.165) is 114 Å². The first-order valence-electron chi connectivity index (χ1n) is 25.7. The molecule has 2 aromatic heterocycles. The molecule has 17 heteroatoms. The van der Waals surface area contributed by atoms with E-state index in [-0.39, 0.29) is 28.1 Å². The molecule has 384 valence electrons. The number of fused-ring (bicyclic) bond motifs is 1. The second-order valence-electron chi connectivity index (χ2n) is 21.0. The number of rotatable bonds is 16. The first kappa shape index (κ1) is 50.0. The summed E-state index contributed by atoms with van der Waals surface area (Å²) in [4.78, 5) is 42.8. The Morgan fingerprint density at radius 1 is 0.918 bits per heavy atom. The van der Waals surface area contributed by atoms with Gasteiger partial charge in [-0.3, -0.25) is 24.7 Å². The summed E-state index contributed by atoms with van der Waals surface area (Å²) in [6.07, 6.45) is 9.60. The van der Waals surface area contributed by atoms with Crippen LogP contribution in [0.1, 0.15) is 91.4 Å². The van der Waals surface area contributed by atoms with Gasteiger partial charge < -0.3 is 29.6 Å². The van der Waals surface area contributed by atoms with E-state index >= 15 is 0 Å². The van der Waals surface area contributed by atoms with Crippen LogP contribution in [0.4, 0.5) is 17.1 Å². The SMILES string of the molecule is COc1ccc(CN2CCN(C3CC4(CCN(c5ccc(C(=O)NS(=O)(=O)c6ccc(NCC7CCN(C)CC7)c([N+](=O)[O-])c6)c(Oc6cnc7[nH]ccc7c6)c5)CC4)C3)[C@@H](c3ccccc3C(C)C)C2)cc1. The summed E-state index contributed by atoms with van der Waals surface area (Å²) in [6.45, 7) is 12.5. The molecule has 73 heavy (non-hydrogen) atoms. The van der Waals surface area contributed by atoms with Gasteiger partial charge in [-0.25, -0.2) is 18.1 Å². The average Bonchev–Trinajstić information content (AvgIpc) is 3.86. The lowest BCUT2D eigenvalue weighted by Gasteiger charge is -2.58. The van der Waals surface area contributed by atoms with Crippen molar-refractivity contribution in [3.63, 3.8) is 0 Å². The van der Waals surface area contributed by atoms with E-state index in [1.54, 1.807) is 37.7 Å². The van der Waals surface area contributed by atoms with Crippen LogP contribution in [0.15, 0.2) is 114 Å². The molecule has 3 saturated heterocycles. The second kappa shape index (κ2) is 21.1. The topological polar surface area (TPSA) is 179 Å². The van der Waals surface area contributed by atoms with Crippen LogP contribution in [-0.4, -0.2) is 116 Å². The number of methoxy groups -OCH3 is 1. The summed E-state index contributed by atoms with van der Waals surface area (Å²) < 4.78 is 41.7. The van der Waals surface area contributed by atoms with E-state index in [0.29, 0.717) is 41.9 Å². The second-order valence-corrected chi connectivity index (χ2v) is 22.7. The maximum atomic E-state index is 14.1. The Balaban J connectivity index is 0.832. The van der Waals surface area contributed by atoms with Gasteiger partial charge in [0.05, 0.1) is 28.7 Å². The van der Waals surface area contributed by atoms with Gasteiger partial charge in [-0.15, -0.1) is 0 Å². The van der Waals surface area contributed by atoms with Crippen LogP contribution >= 0.6 is 0 Å². The fraction of sp³-hybridized carbons (Fsp3) is 0.429. The Hall–Kier alpha value is -6.53. The number of nitro benzene ring substituents is 1. The van der Waals surface area contributed by atoms with Crippen molar-refractivity contribution in [3.8, 4) is 17.2 Å². The van der Waals surface area contributed by atoms with Crippen molar-refractivity contribution in [2.24, 2.45) is 11.3 Å². The molecular weight excluding hydrogens is 943 g/mol. The number of sulfonamides is 1. The van der Waals surface area contributed by atoms with E-state index < -0.39 is 25.7 Å². The number of carbonyl (C=O) groups excluding carboxylic acids is 1. The van der Waals surface area contributed by atoms with E-state index in [9.17, 15) is 23.3 Å². The van der Waals surface area contributed by atoms with Gasteiger partial charge in [0.25, 0.3) is 21.6 Å². The molecule has 16 nitrogen and oxygen atoms in total. The maximum absolute atomic E-state index is 14.1. The Morgan fingerprint density at radius 2 is 1.68 bits per heavy atom. The lowest BCUT2D eigenvalue weighted by molar-refractivity contribution is -0.384. The Morgan fingerprint density at radius 3 is 2.42 bits per heavy atom. The normalized spacial score (nSPS) is 19.2. The van der Waals surface area contributed by atoms with Crippen molar-refractivity contribution < 1.29 is 27.6 Å². The van der Waals surface area contributed by atoms with Crippen LogP contribution in [0.25, 0.3) is 11.0 Å². The molecule has 1 saturated carbocycles. The fourth-order valence-electron chi connectivity index (χ4n) is 11.7. The minimum atomic E-state index is -4.56. The number of piperazine rings is 1. The van der Waals surface area contributed by atoms with Gasteiger partial charge in [0, 0.05) is 87.3 Å². The number of carbonyl (C=O) groups is 1. The molecule has 5 heterocycles. The number of ether oxygens (including phenoxy) is 2. The zero-order chi connectivity index (χ0) is 50.9. The summed E-state index contributed by atoms with van der Waals surface area (Å²) in [5.41, 5.74) is 5.74. The van der Waals surface area contributed by atoms with E-state index in [4.69, 9.17) is 9.47 Å². The number of benzene rings is 4. The van der Waals surface area contributed by atoms with E-state index in [1.165, 1.54) is 28.8 Å². The summed E-state index contributed by atoms with van der Waals surface area (Å²) in [5, 5.41) is 16.2. The first-order valence-corrected chi connectivity index (χ1v) is 27.2. The maximum Gasteiger partial charge on any atom is 0.293 e. The Kier molecular flexibility index (Phi) is 14.5. The number of aromatic nitrogens is 2. The number of piperidine rings is 2. The van der Waals surface area contributed by atoms with Crippen molar-refractivity contribution in [2.45, 2.75) is 81.8 Å². The molecule has 10 rings (SSSR count). The monoisotopic (exact) mass is 1010 g/mol. The molecule has 1 amide bonds. The smallest absolute Gasteiger partial charge is 0.293 e. The van der Waals surface area contributed by atoms with Gasteiger partial charge >= 0.3 is 0 Å². The van der Waals surface area contributed by atoms with Gasteiger partial charge in [-0.1, -0.05) is 50.2 Å². The quantitative estimate of drug-likeness (QED) is 0.0617. The summed E-state index contributed by atoms with van der Waals surface area (Å²) in [6, 6.07) is 30.8. The average molecular weight is 1010 g/mol. The standard InChI is InChI=1S/C56H67N9O7S/c1-38(2)47-7-5-6-8-48(47)52-37-62(36-40-9-12-44(71-4)13-10-40)27-28-64(52)43-32-56(33-43)20-25-63(26-21-56)42-11-15-49(53(30-42)72-45-29-41-17-22-57-54(41)59-35-45)55(66)60-73(69,70)46-14-16-50(51(31-46)65(67)68)58-34-39-18-23-61(3)24-19-39/h5-17,22,29-31,35,38-39,43,52,58H,18-21,23-28,32-34,36-37H2,1-4H3,(H,57,59)(H,60,66)/t52-/m1/s1. The Bertz CT molecular complexity index is 3050. The molecule has 0 bridgehead atoms. The molecule has 3 aliphatic heterocycles. The van der Waals surface area contributed by atoms with Crippen LogP contribution in [0.5, 0.6) is 17.2 Å². The predicted octanol–water partition coefficient (Wildman–Crippen LogP) is 9.58. The van der Waals surface area contributed by atoms with Crippen LogP contribution < -0.4 is 24.4 Å². The molecule has 4 fully saturated rings. The molecule has 3 N–H and O–H groups in total. The number of pyridine rings is 1. The molecule has 1 spiro atoms. The minimum Gasteiger partial charge on any atom is -0.497 e. The number of hydrogen-bond donors (Lipinski definition) is 3. The zero-order valence-electron chi connectivity index (χ0n) is 42.3. The summed E-state index contributed by atoms with van der Waals surface area (Å²) in [5.74, 6) is 1.23. The van der Waals surface area contributed by atoms with Gasteiger partial charge in [0.15, 0.2) is 0 Å². The molecular formula is C56H67N9O7S. The molecule has 0 radical (unpaired) electrons. The number of amides is 1. The van der Waals surface area contributed by atoms with Crippen LogP contribution in [0.3, 0.4) is 0 Å². The molecule has 4 aromatic carbocycles. The number of H-pyrrole nitrogens is 1. The number of nitrogens with one attached hydrogen (secondary N) is 3. The van der Waals surface area contributed by atoms with Gasteiger partial charge in [0.2, 0.25) is 0 Å². The molecule has 1 atom stereocenters. The largest absolute Gasteiger partial charge is 0.497 e.